The van der Waals surface area contributed by atoms with E-state index < -0.39 is 0 Å². The van der Waals surface area contributed by atoms with Crippen LogP contribution in [0, 0.1) is 0 Å². The number of likely N-dealkylation sites (tertiary alicyclic amines) is 1. The van der Waals surface area contributed by atoms with E-state index in [1.807, 2.05) is 11.3 Å². The first-order valence-corrected chi connectivity index (χ1v) is 7.25. The van der Waals surface area contributed by atoms with Crippen molar-refractivity contribution in [2.24, 2.45) is 5.73 Å². The highest BCUT2D eigenvalue weighted by atomic mass is 32.1. The molecule has 0 bridgehead atoms. The van der Waals surface area contributed by atoms with Crippen LogP contribution in [0.2, 0.25) is 0 Å². The van der Waals surface area contributed by atoms with E-state index >= 15 is 0 Å². The molecule has 1 unspecified atom stereocenters. The summed E-state index contributed by atoms with van der Waals surface area (Å²) >= 11 is 1.82. The summed E-state index contributed by atoms with van der Waals surface area (Å²) in [6.45, 7) is 7.56. The van der Waals surface area contributed by atoms with Gasteiger partial charge in [0.05, 0.1) is 10.7 Å². The van der Waals surface area contributed by atoms with Gasteiger partial charge in [-0.25, -0.2) is 4.98 Å². The molecule has 0 aliphatic carbocycles. The first kappa shape index (κ1) is 13.0. The van der Waals surface area contributed by atoms with E-state index in [2.05, 4.69) is 31.2 Å². The van der Waals surface area contributed by atoms with Crippen molar-refractivity contribution in [3.8, 4) is 0 Å². The summed E-state index contributed by atoms with van der Waals surface area (Å²) in [6.07, 6.45) is 2.25. The maximum absolute atomic E-state index is 5.67. The number of likely N-dealkylation sites (N-methyl/N-ethyl adjacent to an activating group) is 1. The van der Waals surface area contributed by atoms with E-state index in [0.29, 0.717) is 5.92 Å². The van der Waals surface area contributed by atoms with Gasteiger partial charge in [0.25, 0.3) is 0 Å². The summed E-state index contributed by atoms with van der Waals surface area (Å²) in [5.41, 5.74) is 7.01. The summed E-state index contributed by atoms with van der Waals surface area (Å²) < 4.78 is 0. The molecule has 2 heterocycles. The summed E-state index contributed by atoms with van der Waals surface area (Å²) in [5, 5.41) is 3.54. The molecule has 1 saturated heterocycles. The van der Waals surface area contributed by atoms with Crippen LogP contribution >= 0.6 is 11.3 Å². The number of nitrogens with zero attached hydrogens (tertiary/aromatic N) is 2. The van der Waals surface area contributed by atoms with Gasteiger partial charge in [0.1, 0.15) is 0 Å². The molecule has 3 nitrogen and oxygen atoms in total. The van der Waals surface area contributed by atoms with Gasteiger partial charge in [0, 0.05) is 23.3 Å². The van der Waals surface area contributed by atoms with Crippen molar-refractivity contribution in [1.82, 2.24) is 9.88 Å². The Bertz CT molecular complexity index is 372. The van der Waals surface area contributed by atoms with Gasteiger partial charge in [-0.1, -0.05) is 13.8 Å². The zero-order chi connectivity index (χ0) is 12.5. The van der Waals surface area contributed by atoms with Crippen LogP contribution in [0.5, 0.6) is 0 Å². The topological polar surface area (TPSA) is 42.2 Å². The van der Waals surface area contributed by atoms with Crippen molar-refractivity contribution in [2.45, 2.75) is 38.0 Å². The molecule has 1 aromatic rings. The monoisotopic (exact) mass is 253 g/mol. The Morgan fingerprint density at radius 3 is 2.94 bits per heavy atom. The molecule has 1 aliphatic rings. The number of nitrogens with two attached hydrogens (primary N) is 1. The molecule has 1 fully saturated rings. The minimum atomic E-state index is 0.119. The standard InChI is InChI=1S/C13H23N3S/c1-13(2,5-6-14)11-9-17-12(15-11)10-4-7-16(3)8-10/h9-10H,4-8,14H2,1-3H3. The Morgan fingerprint density at radius 2 is 2.35 bits per heavy atom. The van der Waals surface area contributed by atoms with Crippen LogP contribution in [-0.2, 0) is 5.41 Å². The molecule has 0 saturated carbocycles. The first-order valence-electron chi connectivity index (χ1n) is 6.37. The average Bonchev–Trinajstić information content (AvgIpc) is 2.85. The molecule has 1 atom stereocenters. The number of thiazole rings is 1. The fraction of sp³-hybridized carbons (Fsp3) is 0.769. The quantitative estimate of drug-likeness (QED) is 0.894. The minimum Gasteiger partial charge on any atom is -0.330 e. The predicted octanol–water partition coefficient (Wildman–Crippen LogP) is 2.19. The Balaban J connectivity index is 2.10. The lowest BCUT2D eigenvalue weighted by Gasteiger charge is -2.21. The fourth-order valence-electron chi connectivity index (χ4n) is 2.41. The van der Waals surface area contributed by atoms with Crippen molar-refractivity contribution in [3.63, 3.8) is 0 Å². The van der Waals surface area contributed by atoms with E-state index in [9.17, 15) is 0 Å². The zero-order valence-electron chi connectivity index (χ0n) is 11.1. The van der Waals surface area contributed by atoms with Crippen molar-refractivity contribution in [2.75, 3.05) is 26.7 Å². The molecular formula is C13H23N3S. The van der Waals surface area contributed by atoms with E-state index in [1.54, 1.807) is 0 Å². The number of hydrogen-bond acceptors (Lipinski definition) is 4. The second-order valence-corrected chi connectivity index (χ2v) is 6.63. The molecular weight excluding hydrogens is 230 g/mol. The molecule has 0 spiro atoms. The second-order valence-electron chi connectivity index (χ2n) is 5.74. The molecule has 4 heteroatoms. The third-order valence-corrected chi connectivity index (χ3v) is 4.73. The summed E-state index contributed by atoms with van der Waals surface area (Å²) in [5.74, 6) is 0.646. The predicted molar refractivity (Wildman–Crippen MR) is 73.7 cm³/mol. The lowest BCUT2D eigenvalue weighted by Crippen LogP contribution is -2.22. The van der Waals surface area contributed by atoms with Gasteiger partial charge in [-0.3, -0.25) is 0 Å². The Hall–Kier alpha value is -0.450. The van der Waals surface area contributed by atoms with E-state index in [-0.39, 0.29) is 5.41 Å². The third-order valence-electron chi connectivity index (χ3n) is 3.73. The Morgan fingerprint density at radius 1 is 1.59 bits per heavy atom. The fourth-order valence-corrected chi connectivity index (χ4v) is 3.55. The lowest BCUT2D eigenvalue weighted by atomic mass is 9.86. The molecule has 1 aliphatic heterocycles. The van der Waals surface area contributed by atoms with Crippen LogP contribution in [0.1, 0.15) is 43.3 Å². The minimum absolute atomic E-state index is 0.119. The molecule has 2 N–H and O–H groups in total. The number of aromatic nitrogens is 1. The smallest absolute Gasteiger partial charge is 0.0972 e. The molecule has 0 radical (unpaired) electrons. The maximum atomic E-state index is 5.67. The Labute approximate surface area is 108 Å². The summed E-state index contributed by atoms with van der Waals surface area (Å²) in [6, 6.07) is 0. The molecule has 96 valence electrons. The van der Waals surface area contributed by atoms with Crippen LogP contribution in [0.25, 0.3) is 0 Å². The SMILES string of the molecule is CN1CCC(c2nc(C(C)(C)CCN)cs2)C1. The molecule has 0 aromatic carbocycles. The lowest BCUT2D eigenvalue weighted by molar-refractivity contribution is 0.411. The van der Waals surface area contributed by atoms with Gasteiger partial charge >= 0.3 is 0 Å². The Kier molecular flexibility index (Phi) is 3.85. The van der Waals surface area contributed by atoms with Crippen LogP contribution in [0.15, 0.2) is 5.38 Å². The average molecular weight is 253 g/mol. The highest BCUT2D eigenvalue weighted by Crippen LogP contribution is 2.33. The van der Waals surface area contributed by atoms with Crippen LogP contribution < -0.4 is 5.73 Å². The number of rotatable bonds is 4. The van der Waals surface area contributed by atoms with Gasteiger partial charge in [-0.05, 0) is 33.0 Å². The summed E-state index contributed by atoms with van der Waals surface area (Å²) in [7, 11) is 2.19. The van der Waals surface area contributed by atoms with Gasteiger partial charge in [-0.2, -0.15) is 0 Å². The van der Waals surface area contributed by atoms with Crippen molar-refractivity contribution in [1.29, 1.82) is 0 Å². The van der Waals surface area contributed by atoms with Gasteiger partial charge in [0.15, 0.2) is 0 Å². The van der Waals surface area contributed by atoms with E-state index in [4.69, 9.17) is 10.7 Å². The van der Waals surface area contributed by atoms with Crippen LogP contribution in [0.4, 0.5) is 0 Å². The molecule has 17 heavy (non-hydrogen) atoms. The first-order chi connectivity index (χ1) is 8.03. The molecule has 1 aromatic heterocycles. The van der Waals surface area contributed by atoms with E-state index in [0.717, 1.165) is 19.5 Å². The zero-order valence-corrected chi connectivity index (χ0v) is 11.9. The largest absolute Gasteiger partial charge is 0.330 e. The maximum Gasteiger partial charge on any atom is 0.0972 e. The van der Waals surface area contributed by atoms with Crippen LogP contribution in [0.3, 0.4) is 0 Å². The summed E-state index contributed by atoms with van der Waals surface area (Å²) in [4.78, 5) is 7.24. The van der Waals surface area contributed by atoms with Crippen molar-refractivity contribution < 1.29 is 0 Å². The van der Waals surface area contributed by atoms with Gasteiger partial charge in [0.2, 0.25) is 0 Å². The van der Waals surface area contributed by atoms with Gasteiger partial charge < -0.3 is 10.6 Å². The highest BCUT2D eigenvalue weighted by molar-refractivity contribution is 7.09. The van der Waals surface area contributed by atoms with Crippen molar-refractivity contribution in [3.05, 3.63) is 16.1 Å². The van der Waals surface area contributed by atoms with Crippen LogP contribution in [-0.4, -0.2) is 36.6 Å². The third kappa shape index (κ3) is 2.87. The second kappa shape index (κ2) is 5.04. The normalized spacial score (nSPS) is 22.2. The van der Waals surface area contributed by atoms with Crippen molar-refractivity contribution >= 4 is 11.3 Å². The van der Waals surface area contributed by atoms with Gasteiger partial charge in [-0.15, -0.1) is 11.3 Å². The molecule has 0 amide bonds. The van der Waals surface area contributed by atoms with E-state index in [1.165, 1.54) is 23.7 Å². The molecule has 2 rings (SSSR count). The highest BCUT2D eigenvalue weighted by Gasteiger charge is 2.27. The number of hydrogen-bond donors (Lipinski definition) is 1.